The van der Waals surface area contributed by atoms with Crippen LogP contribution in [-0.2, 0) is 43.4 Å². The summed E-state index contributed by atoms with van der Waals surface area (Å²) in [5, 5.41) is 32.5. The number of aromatic amines is 1. The molecule has 19 nitrogen and oxygen atoms in total. The lowest BCUT2D eigenvalue weighted by molar-refractivity contribution is -0.422. The van der Waals surface area contributed by atoms with Gasteiger partial charge >= 0.3 is 17.5 Å². The van der Waals surface area contributed by atoms with E-state index in [1.165, 1.54) is 12.5 Å². The summed E-state index contributed by atoms with van der Waals surface area (Å²) < 4.78 is 11.3. The largest absolute Gasteiger partial charge is 0.489 e. The Morgan fingerprint density at radius 1 is 0.841 bits per heavy atom. The maximum Gasteiger partial charge on any atom is 0.408 e. The summed E-state index contributed by atoms with van der Waals surface area (Å²) in [6, 6.07) is 14.0. The number of carbonyl (C=O) groups excluding carboxylic acids is 5. The molecule has 0 spiro atoms. The molecular formula is C44H54N8O11. The molecule has 0 aliphatic rings. The molecule has 0 fully saturated rings. The summed E-state index contributed by atoms with van der Waals surface area (Å²) >= 11 is 0. The highest BCUT2D eigenvalue weighted by Gasteiger charge is 2.42. The molecule has 0 unspecified atom stereocenters. The van der Waals surface area contributed by atoms with Crippen molar-refractivity contribution in [1.29, 1.82) is 0 Å². The number of aldehydes is 1. The van der Waals surface area contributed by atoms with E-state index in [0.29, 0.717) is 29.9 Å². The molecule has 0 aliphatic heterocycles. The van der Waals surface area contributed by atoms with Crippen molar-refractivity contribution in [2.75, 3.05) is 4.90 Å². The van der Waals surface area contributed by atoms with E-state index in [2.05, 4.69) is 25.9 Å². The standard InChI is InChI=1S/C44H54N8O11/c1-8-28(4)38(42(56)50(32(24-53)22-31-23-45-26-46-31)35-15-12-16-36(51(58)59)39(35)52(60)61)48-40(54)34(47-41(55)37(27(2)3)49-43(57)63-44(5,6)7)21-29-17-19-33(20-18-29)62-25-30-13-10-9-11-14-30/h9-20,23-24,26-28,32,34,37-38H,8,21-22,25H2,1-7H3,(H,45,46)(H,47,55)(H,48,54)(H,49,57)/t28-,32-,34-,37-,38-/m0/s1. The number of aromatic nitrogens is 2. The molecule has 3 aromatic carbocycles. The van der Waals surface area contributed by atoms with Gasteiger partial charge in [0.15, 0.2) is 0 Å². The van der Waals surface area contributed by atoms with Crippen LogP contribution in [0.1, 0.15) is 71.7 Å². The average Bonchev–Trinajstić information content (AvgIpc) is 3.76. The van der Waals surface area contributed by atoms with Gasteiger partial charge in [0.2, 0.25) is 11.8 Å². The Hall–Kier alpha value is -7.18. The zero-order valence-corrected chi connectivity index (χ0v) is 36.2. The van der Waals surface area contributed by atoms with Crippen molar-refractivity contribution in [2.24, 2.45) is 11.8 Å². The van der Waals surface area contributed by atoms with Gasteiger partial charge in [0.25, 0.3) is 5.91 Å². The topological polar surface area (TPSA) is 258 Å². The van der Waals surface area contributed by atoms with Crippen molar-refractivity contribution >= 4 is 47.2 Å². The highest BCUT2D eigenvalue weighted by molar-refractivity contribution is 6.05. The maximum atomic E-state index is 15.0. The number of imidazole rings is 1. The fourth-order valence-corrected chi connectivity index (χ4v) is 6.56. The van der Waals surface area contributed by atoms with Gasteiger partial charge in [-0.2, -0.15) is 0 Å². The van der Waals surface area contributed by atoms with Gasteiger partial charge in [0.1, 0.15) is 48.1 Å². The predicted octanol–water partition coefficient (Wildman–Crippen LogP) is 5.76. The highest BCUT2D eigenvalue weighted by atomic mass is 16.6. The Morgan fingerprint density at radius 3 is 2.08 bits per heavy atom. The molecule has 1 heterocycles. The van der Waals surface area contributed by atoms with Crippen molar-refractivity contribution in [2.45, 2.75) is 104 Å². The normalized spacial score (nSPS) is 13.7. The van der Waals surface area contributed by atoms with Gasteiger partial charge in [-0.15, -0.1) is 0 Å². The van der Waals surface area contributed by atoms with E-state index >= 15 is 0 Å². The third kappa shape index (κ3) is 13.7. The number of ether oxygens (including phenoxy) is 2. The molecule has 63 heavy (non-hydrogen) atoms. The summed E-state index contributed by atoms with van der Waals surface area (Å²) in [5.41, 5.74) is -1.51. The molecule has 19 heteroatoms. The average molecular weight is 871 g/mol. The Balaban J connectivity index is 1.75. The van der Waals surface area contributed by atoms with E-state index in [0.717, 1.165) is 28.7 Å². The number of nitrogens with zero attached hydrogens (tertiary/aromatic N) is 4. The zero-order chi connectivity index (χ0) is 46.4. The van der Waals surface area contributed by atoms with Crippen LogP contribution in [0.25, 0.3) is 0 Å². The van der Waals surface area contributed by atoms with E-state index in [9.17, 15) is 44.2 Å². The van der Waals surface area contributed by atoms with Gasteiger partial charge in [-0.1, -0.05) is 82.6 Å². The Kier molecular flexibility index (Phi) is 17.0. The van der Waals surface area contributed by atoms with Crippen LogP contribution in [0, 0.1) is 32.1 Å². The second kappa shape index (κ2) is 22.1. The predicted molar refractivity (Wildman–Crippen MR) is 232 cm³/mol. The number of hydrogen-bond acceptors (Lipinski definition) is 12. The monoisotopic (exact) mass is 870 g/mol. The van der Waals surface area contributed by atoms with Crippen LogP contribution in [0.2, 0.25) is 0 Å². The van der Waals surface area contributed by atoms with Gasteiger partial charge in [0, 0.05) is 30.8 Å². The Morgan fingerprint density at radius 2 is 1.52 bits per heavy atom. The number of rotatable bonds is 21. The third-order valence-corrected chi connectivity index (χ3v) is 9.98. The molecule has 4 aromatic rings. The molecule has 336 valence electrons. The molecule has 0 bridgehead atoms. The van der Waals surface area contributed by atoms with Gasteiger partial charge in [-0.05, 0) is 61.9 Å². The van der Waals surface area contributed by atoms with Crippen LogP contribution in [0.4, 0.5) is 21.9 Å². The van der Waals surface area contributed by atoms with Gasteiger partial charge < -0.3 is 35.2 Å². The SMILES string of the molecule is CC[C@H](C)[C@H](NC(=O)[C@H](Cc1ccc(OCc2ccccc2)cc1)NC(=O)[C@@H](NC(=O)OC(C)(C)C)C(C)C)C(=O)N(c1cccc([N+](=O)[O-])c1[N+](=O)[O-])[C@H](C=O)Cc1cnc[nH]1. The summed E-state index contributed by atoms with van der Waals surface area (Å²) in [6.45, 7) is 12.0. The summed E-state index contributed by atoms with van der Waals surface area (Å²) in [7, 11) is 0. The van der Waals surface area contributed by atoms with Gasteiger partial charge in [-0.3, -0.25) is 39.5 Å². The molecule has 1 aromatic heterocycles. The number of carbonyl (C=O) groups is 5. The minimum atomic E-state index is -1.50. The number of hydrogen-bond donors (Lipinski definition) is 4. The van der Waals surface area contributed by atoms with Crippen molar-refractivity contribution in [3.8, 4) is 5.75 Å². The van der Waals surface area contributed by atoms with Crippen LogP contribution < -0.4 is 25.6 Å². The van der Waals surface area contributed by atoms with E-state index in [-0.39, 0.29) is 19.3 Å². The highest BCUT2D eigenvalue weighted by Crippen LogP contribution is 2.38. The number of nitro benzene ring substituents is 2. The van der Waals surface area contributed by atoms with Crippen LogP contribution in [0.15, 0.2) is 85.3 Å². The molecule has 0 saturated heterocycles. The summed E-state index contributed by atoms with van der Waals surface area (Å²) in [5.74, 6) is -3.22. The molecule has 0 aliphatic carbocycles. The second-order valence-electron chi connectivity index (χ2n) is 16.3. The number of amides is 4. The first-order valence-corrected chi connectivity index (χ1v) is 20.4. The second-order valence-corrected chi connectivity index (χ2v) is 16.3. The fraction of sp³-hybridized carbons (Fsp3) is 0.409. The van der Waals surface area contributed by atoms with Crippen molar-refractivity contribution in [3.05, 3.63) is 122 Å². The van der Waals surface area contributed by atoms with Crippen LogP contribution >= 0.6 is 0 Å². The lowest BCUT2D eigenvalue weighted by Crippen LogP contribution is -2.60. The third-order valence-electron chi connectivity index (χ3n) is 9.98. The lowest BCUT2D eigenvalue weighted by atomic mass is 9.95. The van der Waals surface area contributed by atoms with Crippen LogP contribution in [0.3, 0.4) is 0 Å². The van der Waals surface area contributed by atoms with Gasteiger partial charge in [0.05, 0.1) is 22.2 Å². The number of benzene rings is 3. The van der Waals surface area contributed by atoms with Crippen molar-refractivity contribution < 1.29 is 43.3 Å². The molecule has 0 saturated carbocycles. The minimum Gasteiger partial charge on any atom is -0.489 e. The van der Waals surface area contributed by atoms with Crippen LogP contribution in [-0.4, -0.2) is 79.7 Å². The van der Waals surface area contributed by atoms with E-state index in [1.807, 2.05) is 30.3 Å². The fourth-order valence-electron chi connectivity index (χ4n) is 6.56. The zero-order valence-electron chi connectivity index (χ0n) is 36.2. The number of para-hydroxylation sites is 1. The van der Waals surface area contributed by atoms with E-state index in [4.69, 9.17) is 9.47 Å². The van der Waals surface area contributed by atoms with E-state index < -0.39 is 92.3 Å². The number of nitro groups is 2. The first-order chi connectivity index (χ1) is 29.8. The first kappa shape index (κ1) is 48.5. The van der Waals surface area contributed by atoms with Crippen molar-refractivity contribution in [3.63, 3.8) is 0 Å². The smallest absolute Gasteiger partial charge is 0.408 e. The number of nitrogens with one attached hydrogen (secondary N) is 4. The molecular weight excluding hydrogens is 817 g/mol. The van der Waals surface area contributed by atoms with Crippen LogP contribution in [0.5, 0.6) is 5.75 Å². The molecule has 4 rings (SSSR count). The number of alkyl carbamates (subject to hydrolysis) is 1. The lowest BCUT2D eigenvalue weighted by Gasteiger charge is -2.34. The Bertz CT molecular complexity index is 2210. The Labute approximate surface area is 364 Å². The molecule has 5 atom stereocenters. The molecule has 4 amide bonds. The van der Waals surface area contributed by atoms with Gasteiger partial charge in [-0.25, -0.2) is 9.78 Å². The molecule has 4 N–H and O–H groups in total. The summed E-state index contributed by atoms with van der Waals surface area (Å²) in [4.78, 5) is 99.3. The van der Waals surface area contributed by atoms with E-state index in [1.54, 1.807) is 72.7 Å². The molecule has 0 radical (unpaired) electrons. The number of anilines is 1. The number of H-pyrrole nitrogens is 1. The first-order valence-electron chi connectivity index (χ1n) is 20.4. The minimum absolute atomic E-state index is 0.119. The quantitative estimate of drug-likeness (QED) is 0.0443. The summed E-state index contributed by atoms with van der Waals surface area (Å²) in [6.07, 6.45) is 2.13. The maximum absolute atomic E-state index is 15.0. The van der Waals surface area contributed by atoms with Crippen molar-refractivity contribution in [1.82, 2.24) is 25.9 Å².